The molecule has 0 aromatic rings. The largest absolute Gasteiger partial charge is 0.462 e. The van der Waals surface area contributed by atoms with Gasteiger partial charge in [-0.15, -0.1) is 0 Å². The van der Waals surface area contributed by atoms with E-state index < -0.39 is 0 Å². The highest BCUT2D eigenvalue weighted by Gasteiger charge is 2.32. The molecule has 1 fully saturated rings. The van der Waals surface area contributed by atoms with E-state index in [1.54, 1.807) is 13.8 Å². The first-order valence-electron chi connectivity index (χ1n) is 8.02. The molecule has 0 N–H and O–H groups in total. The molecule has 0 aromatic carbocycles. The number of hydrogen-bond donors (Lipinski definition) is 0. The summed E-state index contributed by atoms with van der Waals surface area (Å²) >= 11 is 0. The first kappa shape index (κ1) is 18.5. The predicted molar refractivity (Wildman–Crippen MR) is 86.3 cm³/mol. The second-order valence-corrected chi connectivity index (χ2v) is 6.39. The fourth-order valence-corrected chi connectivity index (χ4v) is 2.89. The third kappa shape index (κ3) is 6.04. The molecule has 1 saturated carbocycles. The predicted octanol–water partition coefficient (Wildman–Crippen LogP) is 3.96. The third-order valence-corrected chi connectivity index (χ3v) is 4.34. The highest BCUT2D eigenvalue weighted by molar-refractivity contribution is 5.87. The number of rotatable bonds is 8. The fourth-order valence-electron chi connectivity index (χ4n) is 2.89. The minimum Gasteiger partial charge on any atom is -0.462 e. The molecule has 1 aliphatic carbocycles. The molecule has 22 heavy (non-hydrogen) atoms. The average Bonchev–Trinajstić information content (AvgIpc) is 2.47. The van der Waals surface area contributed by atoms with E-state index in [-0.39, 0.29) is 17.4 Å². The van der Waals surface area contributed by atoms with Crippen LogP contribution in [0.5, 0.6) is 0 Å². The molecule has 0 aromatic heterocycles. The second kappa shape index (κ2) is 8.76. The van der Waals surface area contributed by atoms with Gasteiger partial charge in [-0.1, -0.05) is 32.4 Å². The first-order chi connectivity index (χ1) is 10.4. The summed E-state index contributed by atoms with van der Waals surface area (Å²) in [6, 6.07) is 0. The van der Waals surface area contributed by atoms with E-state index >= 15 is 0 Å². The van der Waals surface area contributed by atoms with Crippen LogP contribution < -0.4 is 0 Å². The van der Waals surface area contributed by atoms with Crippen molar-refractivity contribution < 1.29 is 19.1 Å². The van der Waals surface area contributed by atoms with Gasteiger partial charge >= 0.3 is 11.9 Å². The standard InChI is InChI=1S/C18H28O4/c1-14(2)16(19)21-12-10-18(8-6-5-7-9-18)11-13-22-17(20)15(3)4/h1,3,5-13H2,2,4H3. The van der Waals surface area contributed by atoms with Gasteiger partial charge in [-0.05, 0) is 44.9 Å². The van der Waals surface area contributed by atoms with Gasteiger partial charge in [-0.2, -0.15) is 0 Å². The van der Waals surface area contributed by atoms with E-state index in [0.29, 0.717) is 24.4 Å². The van der Waals surface area contributed by atoms with Crippen LogP contribution in [0.4, 0.5) is 0 Å². The van der Waals surface area contributed by atoms with Crippen LogP contribution in [-0.4, -0.2) is 25.2 Å². The quantitative estimate of drug-likeness (QED) is 0.503. The summed E-state index contributed by atoms with van der Waals surface area (Å²) < 4.78 is 10.5. The average molecular weight is 308 g/mol. The first-order valence-corrected chi connectivity index (χ1v) is 8.02. The Balaban J connectivity index is 2.47. The van der Waals surface area contributed by atoms with E-state index in [1.165, 1.54) is 19.3 Å². The Bertz CT molecular complexity index is 396. The van der Waals surface area contributed by atoms with Crippen LogP contribution in [0.25, 0.3) is 0 Å². The van der Waals surface area contributed by atoms with Crippen molar-refractivity contribution >= 4 is 11.9 Å². The van der Waals surface area contributed by atoms with Crippen LogP contribution in [0, 0.1) is 5.41 Å². The minimum absolute atomic E-state index is 0.114. The van der Waals surface area contributed by atoms with E-state index in [4.69, 9.17) is 9.47 Å². The topological polar surface area (TPSA) is 52.6 Å². The molecular formula is C18H28O4. The Morgan fingerprint density at radius 1 is 0.864 bits per heavy atom. The molecule has 0 amide bonds. The van der Waals surface area contributed by atoms with Gasteiger partial charge in [0.2, 0.25) is 0 Å². The van der Waals surface area contributed by atoms with E-state index in [1.807, 2.05) is 0 Å². The Morgan fingerprint density at radius 2 is 1.27 bits per heavy atom. The van der Waals surface area contributed by atoms with Crippen LogP contribution in [-0.2, 0) is 19.1 Å². The molecular weight excluding hydrogens is 280 g/mol. The lowest BCUT2D eigenvalue weighted by molar-refractivity contribution is -0.140. The van der Waals surface area contributed by atoms with Crippen molar-refractivity contribution in [3.63, 3.8) is 0 Å². The maximum atomic E-state index is 11.5. The van der Waals surface area contributed by atoms with E-state index in [9.17, 15) is 9.59 Å². The molecule has 1 rings (SSSR count). The normalized spacial score (nSPS) is 16.6. The van der Waals surface area contributed by atoms with Crippen molar-refractivity contribution in [2.24, 2.45) is 5.41 Å². The van der Waals surface area contributed by atoms with Gasteiger partial charge in [-0.3, -0.25) is 0 Å². The van der Waals surface area contributed by atoms with Gasteiger partial charge < -0.3 is 9.47 Å². The molecule has 0 heterocycles. The zero-order valence-electron chi connectivity index (χ0n) is 13.9. The third-order valence-electron chi connectivity index (χ3n) is 4.34. The van der Waals surface area contributed by atoms with Gasteiger partial charge in [0.15, 0.2) is 0 Å². The van der Waals surface area contributed by atoms with Crippen LogP contribution in [0.1, 0.15) is 58.8 Å². The Hall–Kier alpha value is -1.58. The van der Waals surface area contributed by atoms with Gasteiger partial charge in [0.05, 0.1) is 13.2 Å². The van der Waals surface area contributed by atoms with Crippen molar-refractivity contribution in [3.8, 4) is 0 Å². The molecule has 0 aliphatic heterocycles. The summed E-state index contributed by atoms with van der Waals surface area (Å²) in [6.07, 6.45) is 7.45. The summed E-state index contributed by atoms with van der Waals surface area (Å²) in [5.74, 6) is -0.667. The molecule has 0 spiro atoms. The van der Waals surface area contributed by atoms with Crippen LogP contribution in [0.2, 0.25) is 0 Å². The van der Waals surface area contributed by atoms with E-state index in [0.717, 1.165) is 25.7 Å². The number of ether oxygens (including phenoxy) is 2. The molecule has 0 saturated heterocycles. The lowest BCUT2D eigenvalue weighted by Gasteiger charge is -2.37. The monoisotopic (exact) mass is 308 g/mol. The van der Waals surface area contributed by atoms with Crippen molar-refractivity contribution in [2.75, 3.05) is 13.2 Å². The maximum Gasteiger partial charge on any atom is 0.333 e. The zero-order valence-corrected chi connectivity index (χ0v) is 13.9. The van der Waals surface area contributed by atoms with Gasteiger partial charge in [0.25, 0.3) is 0 Å². The smallest absolute Gasteiger partial charge is 0.333 e. The Kier molecular flexibility index (Phi) is 7.36. The molecule has 0 radical (unpaired) electrons. The lowest BCUT2D eigenvalue weighted by atomic mass is 9.70. The lowest BCUT2D eigenvalue weighted by Crippen LogP contribution is -2.28. The summed E-state index contributed by atoms with van der Waals surface area (Å²) in [7, 11) is 0. The molecule has 0 atom stereocenters. The highest BCUT2D eigenvalue weighted by Crippen LogP contribution is 2.42. The maximum absolute atomic E-state index is 11.5. The summed E-state index contributed by atoms with van der Waals surface area (Å²) in [6.45, 7) is 11.3. The van der Waals surface area contributed by atoms with Crippen LogP contribution in [0.3, 0.4) is 0 Å². The molecule has 4 heteroatoms. The highest BCUT2D eigenvalue weighted by atomic mass is 16.5. The van der Waals surface area contributed by atoms with Crippen LogP contribution in [0.15, 0.2) is 24.3 Å². The molecule has 1 aliphatic rings. The van der Waals surface area contributed by atoms with E-state index in [2.05, 4.69) is 13.2 Å². The fraction of sp³-hybridized carbons (Fsp3) is 0.667. The Morgan fingerprint density at radius 3 is 1.64 bits per heavy atom. The van der Waals surface area contributed by atoms with Crippen molar-refractivity contribution in [3.05, 3.63) is 24.3 Å². The minimum atomic E-state index is -0.334. The summed E-state index contributed by atoms with van der Waals surface area (Å²) in [4.78, 5) is 22.9. The molecule has 0 unspecified atom stereocenters. The number of hydrogen-bond acceptors (Lipinski definition) is 4. The molecule has 0 bridgehead atoms. The van der Waals surface area contributed by atoms with Crippen molar-refractivity contribution in [1.29, 1.82) is 0 Å². The number of carbonyl (C=O) groups excluding carboxylic acids is 2. The second-order valence-electron chi connectivity index (χ2n) is 6.39. The van der Waals surface area contributed by atoms with Crippen molar-refractivity contribution in [2.45, 2.75) is 58.8 Å². The van der Waals surface area contributed by atoms with Crippen molar-refractivity contribution in [1.82, 2.24) is 0 Å². The number of carbonyl (C=O) groups is 2. The van der Waals surface area contributed by atoms with Gasteiger partial charge in [0, 0.05) is 11.1 Å². The van der Waals surface area contributed by atoms with Gasteiger partial charge in [-0.25, -0.2) is 9.59 Å². The van der Waals surface area contributed by atoms with Gasteiger partial charge in [0.1, 0.15) is 0 Å². The molecule has 4 nitrogen and oxygen atoms in total. The molecule has 124 valence electrons. The summed E-state index contributed by atoms with van der Waals surface area (Å²) in [5, 5.41) is 0. The summed E-state index contributed by atoms with van der Waals surface area (Å²) in [5.41, 5.74) is 0.962. The number of esters is 2. The zero-order chi connectivity index (χ0) is 16.6. The van der Waals surface area contributed by atoms with Crippen LogP contribution >= 0.6 is 0 Å². The Labute approximate surface area is 133 Å². The SMILES string of the molecule is C=C(C)C(=O)OCCC1(CCOC(=O)C(=C)C)CCCCC1.